The summed E-state index contributed by atoms with van der Waals surface area (Å²) >= 11 is 0.380. The molecule has 0 unspecified atom stereocenters. The number of alkyl halides is 2. The lowest BCUT2D eigenvalue weighted by Gasteiger charge is -2.13. The van der Waals surface area contributed by atoms with Gasteiger partial charge in [-0.2, -0.15) is 8.78 Å². The Morgan fingerprint density at radius 1 is 1.33 bits per heavy atom. The van der Waals surface area contributed by atoms with Crippen molar-refractivity contribution >= 4 is 34.9 Å². The highest BCUT2D eigenvalue weighted by Crippen LogP contribution is 2.34. The van der Waals surface area contributed by atoms with Gasteiger partial charge in [0.05, 0.1) is 16.9 Å². The van der Waals surface area contributed by atoms with Gasteiger partial charge in [0.15, 0.2) is 5.82 Å². The lowest BCUT2D eigenvalue weighted by Crippen LogP contribution is -2.07. The fraction of sp³-hybridized carbons (Fsp3) is 0.0769. The second-order valence-electron chi connectivity index (χ2n) is 3.93. The van der Waals surface area contributed by atoms with Gasteiger partial charge in [-0.1, -0.05) is 23.9 Å². The van der Waals surface area contributed by atoms with Crippen LogP contribution in [-0.4, -0.2) is 21.8 Å². The lowest BCUT2D eigenvalue weighted by atomic mass is 10.2. The molecule has 110 valence electrons. The molecule has 8 heteroatoms. The van der Waals surface area contributed by atoms with Crippen LogP contribution in [0.2, 0.25) is 0 Å². The van der Waals surface area contributed by atoms with E-state index in [0.29, 0.717) is 22.3 Å². The van der Waals surface area contributed by atoms with Gasteiger partial charge in [-0.25, -0.2) is 9.78 Å². The molecule has 2 rings (SSSR count). The van der Waals surface area contributed by atoms with Crippen LogP contribution in [0.25, 0.3) is 0 Å². The van der Waals surface area contributed by atoms with Crippen molar-refractivity contribution < 1.29 is 18.7 Å². The van der Waals surface area contributed by atoms with E-state index in [1.165, 1.54) is 18.3 Å². The number of nitrogens with zero attached hydrogens (tertiary/aromatic N) is 1. The molecule has 0 saturated carbocycles. The summed E-state index contributed by atoms with van der Waals surface area (Å²) in [4.78, 5) is 15.3. The number of hydrogen-bond donors (Lipinski definition) is 3. The van der Waals surface area contributed by atoms with Crippen LogP contribution in [0.3, 0.4) is 0 Å². The summed E-state index contributed by atoms with van der Waals surface area (Å²) in [6, 6.07) is 7.66. The van der Waals surface area contributed by atoms with Gasteiger partial charge in [0.1, 0.15) is 0 Å². The van der Waals surface area contributed by atoms with Crippen molar-refractivity contribution in [3.05, 3.63) is 42.1 Å². The number of thioether (sulfide) groups is 1. The Labute approximate surface area is 123 Å². The summed E-state index contributed by atoms with van der Waals surface area (Å²) in [5.41, 5.74) is 5.94. The number of nitrogens with one attached hydrogen (secondary N) is 1. The van der Waals surface area contributed by atoms with Crippen LogP contribution in [0.4, 0.5) is 26.0 Å². The fourth-order valence-corrected chi connectivity index (χ4v) is 2.25. The zero-order valence-corrected chi connectivity index (χ0v) is 11.4. The van der Waals surface area contributed by atoms with E-state index in [1.807, 2.05) is 0 Å². The Bertz CT molecular complexity index is 668. The predicted octanol–water partition coefficient (Wildman–Crippen LogP) is 3.42. The number of aromatic carboxylic acids is 1. The number of anilines is 3. The molecule has 1 heterocycles. The predicted molar refractivity (Wildman–Crippen MR) is 77.2 cm³/mol. The van der Waals surface area contributed by atoms with Crippen LogP contribution in [0.1, 0.15) is 10.4 Å². The van der Waals surface area contributed by atoms with E-state index in [0.717, 1.165) is 0 Å². The zero-order valence-electron chi connectivity index (χ0n) is 10.6. The first-order valence-electron chi connectivity index (χ1n) is 5.77. The summed E-state index contributed by atoms with van der Waals surface area (Å²) in [6.45, 7) is 0. The first-order chi connectivity index (χ1) is 9.99. The number of carboxylic acids is 1. The van der Waals surface area contributed by atoms with Gasteiger partial charge < -0.3 is 16.2 Å². The quantitative estimate of drug-likeness (QED) is 0.733. The Morgan fingerprint density at radius 3 is 2.71 bits per heavy atom. The number of halogens is 2. The summed E-state index contributed by atoms with van der Waals surface area (Å²) in [6.07, 6.45) is 1.28. The minimum atomic E-state index is -2.57. The van der Waals surface area contributed by atoms with E-state index in [2.05, 4.69) is 10.3 Å². The molecule has 0 aliphatic rings. The first kappa shape index (κ1) is 15.0. The number of nitrogen functional groups attached to an aromatic ring is 1. The van der Waals surface area contributed by atoms with E-state index in [1.54, 1.807) is 18.2 Å². The number of para-hydroxylation sites is 1. The van der Waals surface area contributed by atoms with Crippen LogP contribution < -0.4 is 11.1 Å². The number of aromatic nitrogens is 1. The monoisotopic (exact) mass is 311 g/mol. The molecule has 1 aromatic heterocycles. The number of rotatable bonds is 5. The van der Waals surface area contributed by atoms with Crippen molar-refractivity contribution in [2.24, 2.45) is 0 Å². The molecule has 0 spiro atoms. The normalized spacial score (nSPS) is 10.6. The van der Waals surface area contributed by atoms with Gasteiger partial charge in [0.2, 0.25) is 0 Å². The van der Waals surface area contributed by atoms with E-state index in [4.69, 9.17) is 10.8 Å². The molecule has 0 saturated heterocycles. The van der Waals surface area contributed by atoms with Gasteiger partial charge in [-0.15, -0.1) is 0 Å². The topological polar surface area (TPSA) is 88.2 Å². The average molecular weight is 311 g/mol. The molecular formula is C13H11F2N3O2S. The second kappa shape index (κ2) is 6.40. The van der Waals surface area contributed by atoms with Crippen molar-refractivity contribution in [1.82, 2.24) is 4.98 Å². The van der Waals surface area contributed by atoms with Gasteiger partial charge in [-0.3, -0.25) is 0 Å². The molecule has 0 radical (unpaired) electrons. The Kier molecular flexibility index (Phi) is 4.59. The van der Waals surface area contributed by atoms with Crippen molar-refractivity contribution in [3.8, 4) is 0 Å². The fourth-order valence-electron chi connectivity index (χ4n) is 1.66. The lowest BCUT2D eigenvalue weighted by molar-refractivity contribution is 0.0698. The number of benzene rings is 1. The van der Waals surface area contributed by atoms with E-state index < -0.39 is 11.7 Å². The number of carbonyl (C=O) groups is 1. The number of nitrogens with two attached hydrogens (primary N) is 1. The van der Waals surface area contributed by atoms with Crippen molar-refractivity contribution in [2.75, 3.05) is 11.1 Å². The third kappa shape index (κ3) is 3.60. The maximum absolute atomic E-state index is 12.5. The minimum Gasteiger partial charge on any atom is -0.478 e. The van der Waals surface area contributed by atoms with Gasteiger partial charge >= 0.3 is 5.97 Å². The van der Waals surface area contributed by atoms with Crippen LogP contribution >= 0.6 is 11.8 Å². The Morgan fingerprint density at radius 2 is 2.05 bits per heavy atom. The third-order valence-corrected chi connectivity index (χ3v) is 3.36. The van der Waals surface area contributed by atoms with E-state index in [-0.39, 0.29) is 17.1 Å². The highest BCUT2D eigenvalue weighted by Gasteiger charge is 2.14. The van der Waals surface area contributed by atoms with Gasteiger partial charge in [0, 0.05) is 11.1 Å². The van der Waals surface area contributed by atoms with Crippen molar-refractivity contribution in [2.45, 2.75) is 10.7 Å². The summed E-state index contributed by atoms with van der Waals surface area (Å²) in [7, 11) is 0. The van der Waals surface area contributed by atoms with Gasteiger partial charge in [0.25, 0.3) is 5.76 Å². The maximum Gasteiger partial charge on any atom is 0.337 e. The standard InChI is InChI=1S/C13H11F2N3O2S/c14-13(15)21-9-4-2-1-3-8(9)18-11-10(16)7(12(19)20)5-6-17-11/h1-6,13H,16H2,(H,17,18)(H,19,20). The minimum absolute atomic E-state index is 0.0538. The molecule has 0 atom stereocenters. The molecule has 4 N–H and O–H groups in total. The molecule has 0 aliphatic carbocycles. The molecular weight excluding hydrogens is 300 g/mol. The number of pyridine rings is 1. The van der Waals surface area contributed by atoms with E-state index >= 15 is 0 Å². The second-order valence-corrected chi connectivity index (χ2v) is 4.96. The molecule has 0 bridgehead atoms. The number of hydrogen-bond acceptors (Lipinski definition) is 5. The van der Waals surface area contributed by atoms with Gasteiger partial charge in [-0.05, 0) is 18.2 Å². The van der Waals surface area contributed by atoms with Crippen molar-refractivity contribution in [1.29, 1.82) is 0 Å². The van der Waals surface area contributed by atoms with Crippen LogP contribution in [0.15, 0.2) is 41.4 Å². The molecule has 1 aromatic carbocycles. The first-order valence-corrected chi connectivity index (χ1v) is 6.65. The molecule has 0 amide bonds. The van der Waals surface area contributed by atoms with E-state index in [9.17, 15) is 13.6 Å². The molecule has 0 aliphatic heterocycles. The summed E-state index contributed by atoms with van der Waals surface area (Å²) < 4.78 is 25.0. The highest BCUT2D eigenvalue weighted by molar-refractivity contribution is 7.99. The average Bonchev–Trinajstić information content (AvgIpc) is 2.42. The van der Waals surface area contributed by atoms with Crippen molar-refractivity contribution in [3.63, 3.8) is 0 Å². The summed E-state index contributed by atoms with van der Waals surface area (Å²) in [5, 5.41) is 11.8. The highest BCUT2D eigenvalue weighted by atomic mass is 32.2. The Balaban J connectivity index is 2.35. The molecule has 5 nitrogen and oxygen atoms in total. The molecule has 2 aromatic rings. The summed E-state index contributed by atoms with van der Waals surface area (Å²) in [5.74, 6) is -3.64. The third-order valence-electron chi connectivity index (χ3n) is 2.58. The van der Waals surface area contributed by atoms with Crippen LogP contribution in [0, 0.1) is 0 Å². The molecule has 0 fully saturated rings. The number of carboxylic acid groups (broad SMARTS) is 1. The Hall–Kier alpha value is -2.35. The molecule has 21 heavy (non-hydrogen) atoms. The SMILES string of the molecule is Nc1c(C(=O)O)ccnc1Nc1ccccc1SC(F)F. The van der Waals surface area contributed by atoms with Crippen LogP contribution in [0.5, 0.6) is 0 Å². The van der Waals surface area contributed by atoms with Crippen LogP contribution in [-0.2, 0) is 0 Å². The maximum atomic E-state index is 12.5. The zero-order chi connectivity index (χ0) is 15.4. The largest absolute Gasteiger partial charge is 0.478 e. The smallest absolute Gasteiger partial charge is 0.337 e.